The molecule has 2 aromatic carbocycles. The number of piperazine rings is 1. The molecule has 2 amide bonds. The number of hydrogen-bond acceptors (Lipinski definition) is 2. The summed E-state index contributed by atoms with van der Waals surface area (Å²) in [6.45, 7) is 2.89. The number of nitrogens with one attached hydrogen (secondary N) is 1. The molecule has 1 N–H and O–H groups in total. The standard InChI is InChI=1S/C25H27N3O2/c1-2-14-27-16-23(29)28-21(13-12-17-8-4-3-5-9-17)24-19(15-22(28)25(27)30)18-10-6-7-11-20(18)26-24/h3-11,21-22,26H,2,12-16H2,1H3/t21?,22-/m0/s1. The first-order valence-corrected chi connectivity index (χ1v) is 10.9. The van der Waals surface area contributed by atoms with Crippen LogP contribution in [0.4, 0.5) is 0 Å². The Kier molecular flexibility index (Phi) is 4.81. The molecule has 3 heterocycles. The Bertz CT molecular complexity index is 1090. The zero-order valence-electron chi connectivity index (χ0n) is 17.3. The summed E-state index contributed by atoms with van der Waals surface area (Å²) in [6.07, 6.45) is 3.12. The van der Waals surface area contributed by atoms with Gasteiger partial charge in [-0.2, -0.15) is 0 Å². The van der Waals surface area contributed by atoms with Crippen molar-refractivity contribution in [3.63, 3.8) is 0 Å². The Morgan fingerprint density at radius 1 is 1.03 bits per heavy atom. The van der Waals surface area contributed by atoms with Crippen LogP contribution in [0, 0.1) is 0 Å². The molecule has 5 rings (SSSR count). The fourth-order valence-electron chi connectivity index (χ4n) is 5.15. The zero-order valence-corrected chi connectivity index (χ0v) is 17.3. The highest BCUT2D eigenvalue weighted by molar-refractivity contribution is 5.97. The molecule has 5 heteroatoms. The number of amides is 2. The van der Waals surface area contributed by atoms with E-state index in [0.717, 1.165) is 30.5 Å². The molecular formula is C25H27N3O2. The maximum atomic E-state index is 13.3. The van der Waals surface area contributed by atoms with Crippen LogP contribution in [0.15, 0.2) is 54.6 Å². The lowest BCUT2D eigenvalue weighted by molar-refractivity contribution is -0.159. The second kappa shape index (κ2) is 7.63. The predicted octanol–water partition coefficient (Wildman–Crippen LogP) is 3.85. The molecule has 0 bridgehead atoms. The molecule has 1 unspecified atom stereocenters. The summed E-state index contributed by atoms with van der Waals surface area (Å²) in [5.74, 6) is 0.160. The highest BCUT2D eigenvalue weighted by Crippen LogP contribution is 2.41. The number of carbonyl (C=O) groups excluding carboxylic acids is 2. The molecule has 2 aliphatic rings. The quantitative estimate of drug-likeness (QED) is 0.706. The predicted molar refractivity (Wildman–Crippen MR) is 117 cm³/mol. The van der Waals surface area contributed by atoms with Gasteiger partial charge >= 0.3 is 0 Å². The fraction of sp³-hybridized carbons (Fsp3) is 0.360. The van der Waals surface area contributed by atoms with Crippen LogP contribution in [0.25, 0.3) is 10.9 Å². The van der Waals surface area contributed by atoms with E-state index in [1.54, 1.807) is 4.90 Å². The summed E-state index contributed by atoms with van der Waals surface area (Å²) in [7, 11) is 0. The lowest BCUT2D eigenvalue weighted by Gasteiger charge is -2.47. The molecule has 2 atom stereocenters. The Labute approximate surface area is 176 Å². The number of H-pyrrole nitrogens is 1. The van der Waals surface area contributed by atoms with Gasteiger partial charge in [0.05, 0.1) is 12.6 Å². The molecule has 1 saturated heterocycles. The largest absolute Gasteiger partial charge is 0.356 e. The van der Waals surface area contributed by atoms with Crippen molar-refractivity contribution in [2.75, 3.05) is 13.1 Å². The Balaban J connectivity index is 1.56. The number of fused-ring (bicyclic) bond motifs is 4. The number of aromatic amines is 1. The van der Waals surface area contributed by atoms with E-state index in [2.05, 4.69) is 29.2 Å². The smallest absolute Gasteiger partial charge is 0.246 e. The summed E-state index contributed by atoms with van der Waals surface area (Å²) in [5.41, 5.74) is 4.64. The molecule has 2 aliphatic heterocycles. The number of benzene rings is 2. The molecule has 0 radical (unpaired) electrons. The molecule has 0 spiro atoms. The monoisotopic (exact) mass is 401 g/mol. The minimum atomic E-state index is -0.398. The van der Waals surface area contributed by atoms with Crippen molar-refractivity contribution in [3.05, 3.63) is 71.4 Å². The van der Waals surface area contributed by atoms with Crippen LogP contribution >= 0.6 is 0 Å². The lowest BCUT2D eigenvalue weighted by atomic mass is 9.86. The van der Waals surface area contributed by atoms with Gasteiger partial charge in [-0.05, 0) is 36.5 Å². The highest BCUT2D eigenvalue weighted by atomic mass is 16.2. The van der Waals surface area contributed by atoms with Crippen molar-refractivity contribution in [1.82, 2.24) is 14.8 Å². The first-order chi connectivity index (χ1) is 14.7. The number of aromatic nitrogens is 1. The molecule has 30 heavy (non-hydrogen) atoms. The second-order valence-electron chi connectivity index (χ2n) is 8.38. The van der Waals surface area contributed by atoms with Gasteiger partial charge in [0.2, 0.25) is 11.8 Å². The Morgan fingerprint density at radius 2 is 1.80 bits per heavy atom. The highest BCUT2D eigenvalue weighted by Gasteiger charge is 2.47. The third-order valence-electron chi connectivity index (χ3n) is 6.50. The van der Waals surface area contributed by atoms with Gasteiger partial charge < -0.3 is 14.8 Å². The van der Waals surface area contributed by atoms with Crippen molar-refractivity contribution in [3.8, 4) is 0 Å². The molecule has 154 valence electrons. The van der Waals surface area contributed by atoms with E-state index in [-0.39, 0.29) is 24.4 Å². The summed E-state index contributed by atoms with van der Waals surface area (Å²) in [6, 6.07) is 18.1. The van der Waals surface area contributed by atoms with Crippen LogP contribution in [-0.4, -0.2) is 45.7 Å². The van der Waals surface area contributed by atoms with Crippen LogP contribution in [0.2, 0.25) is 0 Å². The summed E-state index contributed by atoms with van der Waals surface area (Å²) in [5, 5.41) is 1.17. The van der Waals surface area contributed by atoms with E-state index >= 15 is 0 Å². The number of nitrogens with zero attached hydrogens (tertiary/aromatic N) is 2. The van der Waals surface area contributed by atoms with Crippen LogP contribution in [0.1, 0.15) is 42.6 Å². The van der Waals surface area contributed by atoms with Gasteiger partial charge in [-0.15, -0.1) is 0 Å². The lowest BCUT2D eigenvalue weighted by Crippen LogP contribution is -2.62. The van der Waals surface area contributed by atoms with E-state index < -0.39 is 6.04 Å². The molecule has 0 saturated carbocycles. The Morgan fingerprint density at radius 3 is 2.60 bits per heavy atom. The minimum absolute atomic E-state index is 0.0652. The maximum Gasteiger partial charge on any atom is 0.246 e. The minimum Gasteiger partial charge on any atom is -0.356 e. The summed E-state index contributed by atoms with van der Waals surface area (Å²) >= 11 is 0. The number of para-hydroxylation sites is 1. The van der Waals surface area contributed by atoms with Gasteiger partial charge in [0.15, 0.2) is 0 Å². The van der Waals surface area contributed by atoms with Crippen LogP contribution in [-0.2, 0) is 22.4 Å². The molecule has 1 fully saturated rings. The van der Waals surface area contributed by atoms with Crippen molar-refractivity contribution in [1.29, 1.82) is 0 Å². The topological polar surface area (TPSA) is 56.4 Å². The van der Waals surface area contributed by atoms with E-state index in [4.69, 9.17) is 0 Å². The zero-order chi connectivity index (χ0) is 20.7. The normalized spacial score (nSPS) is 21.1. The first-order valence-electron chi connectivity index (χ1n) is 10.9. The second-order valence-corrected chi connectivity index (χ2v) is 8.38. The summed E-state index contributed by atoms with van der Waals surface area (Å²) < 4.78 is 0. The number of carbonyl (C=O) groups is 2. The van der Waals surface area contributed by atoms with Crippen molar-refractivity contribution in [2.45, 2.75) is 44.7 Å². The number of hydrogen-bond donors (Lipinski definition) is 1. The van der Waals surface area contributed by atoms with Crippen LogP contribution < -0.4 is 0 Å². The van der Waals surface area contributed by atoms with E-state index in [9.17, 15) is 9.59 Å². The maximum absolute atomic E-state index is 13.3. The Hall–Kier alpha value is -3.08. The number of rotatable bonds is 5. The van der Waals surface area contributed by atoms with Gasteiger partial charge in [-0.3, -0.25) is 9.59 Å². The van der Waals surface area contributed by atoms with Gasteiger partial charge in [0.1, 0.15) is 6.04 Å². The van der Waals surface area contributed by atoms with Crippen LogP contribution in [0.5, 0.6) is 0 Å². The van der Waals surface area contributed by atoms with E-state index in [1.165, 1.54) is 16.5 Å². The molecule has 5 nitrogen and oxygen atoms in total. The summed E-state index contributed by atoms with van der Waals surface area (Å²) in [4.78, 5) is 33.7. The van der Waals surface area contributed by atoms with Crippen molar-refractivity contribution >= 4 is 22.7 Å². The average molecular weight is 402 g/mol. The number of aryl methyl sites for hydroxylation is 1. The van der Waals surface area contributed by atoms with Crippen molar-refractivity contribution < 1.29 is 9.59 Å². The van der Waals surface area contributed by atoms with E-state index in [1.807, 2.05) is 42.2 Å². The SMILES string of the molecule is CCCN1CC(=O)N2C(CCc3ccccc3)c3[nH]c4ccccc4c3C[C@H]2C1=O. The first kappa shape index (κ1) is 18.9. The van der Waals surface area contributed by atoms with Gasteiger partial charge in [0, 0.05) is 29.6 Å². The molecular weight excluding hydrogens is 374 g/mol. The van der Waals surface area contributed by atoms with E-state index in [0.29, 0.717) is 13.0 Å². The molecule has 3 aromatic rings. The fourth-order valence-corrected chi connectivity index (χ4v) is 5.15. The average Bonchev–Trinajstić information content (AvgIpc) is 3.14. The van der Waals surface area contributed by atoms with Crippen molar-refractivity contribution in [2.24, 2.45) is 0 Å². The van der Waals surface area contributed by atoms with Gasteiger partial charge in [0.25, 0.3) is 0 Å². The molecule has 1 aromatic heterocycles. The van der Waals surface area contributed by atoms with Crippen LogP contribution in [0.3, 0.4) is 0 Å². The molecule has 0 aliphatic carbocycles. The third kappa shape index (κ3) is 3.09. The third-order valence-corrected chi connectivity index (χ3v) is 6.50. The van der Waals surface area contributed by atoms with Gasteiger partial charge in [-0.1, -0.05) is 55.5 Å². The van der Waals surface area contributed by atoms with Gasteiger partial charge in [-0.25, -0.2) is 0 Å².